The maximum absolute atomic E-state index is 10.4. The van der Waals surface area contributed by atoms with Gasteiger partial charge < -0.3 is 21.5 Å². The van der Waals surface area contributed by atoms with Gasteiger partial charge in [0.05, 0.1) is 6.61 Å². The molecule has 6 nitrogen and oxygen atoms in total. The Bertz CT molecular complexity index is 352. The molecule has 0 aliphatic carbocycles. The molecule has 0 fully saturated rings. The molecule has 1 amide bonds. The molecule has 16 heavy (non-hydrogen) atoms. The van der Waals surface area contributed by atoms with Gasteiger partial charge in [-0.15, -0.1) is 0 Å². The number of ether oxygens (including phenoxy) is 1. The van der Waals surface area contributed by atoms with Gasteiger partial charge in [-0.05, 0) is 6.07 Å². The minimum atomic E-state index is -0.495. The van der Waals surface area contributed by atoms with Crippen LogP contribution in [0.2, 0.25) is 5.15 Å². The van der Waals surface area contributed by atoms with E-state index in [2.05, 4.69) is 10.3 Å². The number of aromatic nitrogens is 1. The molecular formula is C9H13ClN4O2. The molecule has 88 valence electrons. The summed E-state index contributed by atoms with van der Waals surface area (Å²) in [7, 11) is 0. The monoisotopic (exact) mass is 244 g/mol. The summed E-state index contributed by atoms with van der Waals surface area (Å²) < 4.78 is 4.95. The van der Waals surface area contributed by atoms with Crippen molar-refractivity contribution in [1.29, 1.82) is 0 Å². The summed E-state index contributed by atoms with van der Waals surface area (Å²) in [5.74, 6) is 0.0674. The van der Waals surface area contributed by atoms with Crippen LogP contribution in [0.25, 0.3) is 0 Å². The number of carbonyl (C=O) groups excluding carboxylic acids is 1. The van der Waals surface area contributed by atoms with Crippen molar-refractivity contribution >= 4 is 29.0 Å². The van der Waals surface area contributed by atoms with Gasteiger partial charge in [0.1, 0.15) is 17.6 Å². The van der Waals surface area contributed by atoms with Crippen molar-refractivity contribution in [3.63, 3.8) is 0 Å². The second-order valence-corrected chi connectivity index (χ2v) is 3.44. The van der Waals surface area contributed by atoms with E-state index >= 15 is 0 Å². The molecule has 0 aliphatic heterocycles. The number of halogens is 1. The van der Waals surface area contributed by atoms with Crippen molar-refractivity contribution in [3.8, 4) is 0 Å². The predicted molar refractivity (Wildman–Crippen MR) is 62.2 cm³/mol. The zero-order valence-corrected chi connectivity index (χ0v) is 9.33. The average Bonchev–Trinajstić information content (AvgIpc) is 2.15. The van der Waals surface area contributed by atoms with Crippen LogP contribution >= 0.6 is 11.6 Å². The molecule has 0 aliphatic rings. The topological polar surface area (TPSA) is 103 Å². The van der Waals surface area contributed by atoms with Gasteiger partial charge in [-0.3, -0.25) is 4.79 Å². The third-order valence-electron chi connectivity index (χ3n) is 1.61. The van der Waals surface area contributed by atoms with Crippen LogP contribution in [-0.4, -0.2) is 30.6 Å². The normalized spacial score (nSPS) is 10.1. The minimum absolute atomic E-state index is 0.0905. The first-order chi connectivity index (χ1) is 7.58. The van der Waals surface area contributed by atoms with Gasteiger partial charge in [-0.1, -0.05) is 11.6 Å². The number of amides is 1. The van der Waals surface area contributed by atoms with Crippen LogP contribution in [0.4, 0.5) is 11.5 Å². The summed E-state index contributed by atoms with van der Waals surface area (Å²) in [5, 5.41) is 3.27. The van der Waals surface area contributed by atoms with E-state index in [1.54, 1.807) is 12.1 Å². The number of rotatable bonds is 6. The number of nitrogen functional groups attached to an aromatic ring is 1. The zero-order chi connectivity index (χ0) is 12.0. The van der Waals surface area contributed by atoms with Crippen LogP contribution in [0.1, 0.15) is 0 Å². The molecular weight excluding hydrogens is 232 g/mol. The summed E-state index contributed by atoms with van der Waals surface area (Å²) in [4.78, 5) is 14.3. The highest BCUT2D eigenvalue weighted by Gasteiger charge is 1.98. The molecule has 7 heteroatoms. The lowest BCUT2D eigenvalue weighted by molar-refractivity contribution is -0.122. The molecule has 1 rings (SSSR count). The van der Waals surface area contributed by atoms with E-state index in [0.717, 1.165) is 0 Å². The zero-order valence-electron chi connectivity index (χ0n) is 8.57. The Balaban J connectivity index is 2.29. The number of nitrogens with two attached hydrogens (primary N) is 2. The third-order valence-corrected chi connectivity index (χ3v) is 1.81. The van der Waals surface area contributed by atoms with Crippen LogP contribution in [0.15, 0.2) is 12.1 Å². The van der Waals surface area contributed by atoms with Gasteiger partial charge >= 0.3 is 0 Å². The molecule has 0 unspecified atom stereocenters. The first-order valence-electron chi connectivity index (χ1n) is 4.61. The molecule has 0 bridgehead atoms. The first kappa shape index (κ1) is 12.5. The SMILES string of the molecule is NC(=O)COCCNc1cc(N)cc(Cl)n1. The molecule has 0 atom stereocenters. The lowest BCUT2D eigenvalue weighted by Gasteiger charge is -2.06. The Morgan fingerprint density at radius 1 is 1.56 bits per heavy atom. The maximum atomic E-state index is 10.4. The van der Waals surface area contributed by atoms with Crippen molar-refractivity contribution in [2.24, 2.45) is 5.73 Å². The van der Waals surface area contributed by atoms with E-state index in [1.165, 1.54) is 0 Å². The number of nitrogens with zero attached hydrogens (tertiary/aromatic N) is 1. The predicted octanol–water partition coefficient (Wildman–Crippen LogP) is 0.231. The highest BCUT2D eigenvalue weighted by molar-refractivity contribution is 6.29. The fourth-order valence-corrected chi connectivity index (χ4v) is 1.25. The summed E-state index contributed by atoms with van der Waals surface area (Å²) in [6.45, 7) is 0.740. The number of hydrogen-bond donors (Lipinski definition) is 3. The van der Waals surface area contributed by atoms with E-state index in [-0.39, 0.29) is 6.61 Å². The van der Waals surface area contributed by atoms with E-state index < -0.39 is 5.91 Å². The Morgan fingerprint density at radius 3 is 2.94 bits per heavy atom. The standard InChI is InChI=1S/C9H13ClN4O2/c10-7-3-6(11)4-9(14-7)13-1-2-16-5-8(12)15/h3-4H,1-2,5H2,(H2,12,15)(H3,11,13,14). The fourth-order valence-electron chi connectivity index (χ4n) is 1.03. The molecule has 0 saturated carbocycles. The second kappa shape index (κ2) is 6.14. The van der Waals surface area contributed by atoms with Gasteiger partial charge in [-0.2, -0.15) is 0 Å². The van der Waals surface area contributed by atoms with Gasteiger partial charge in [0.2, 0.25) is 5.91 Å². The van der Waals surface area contributed by atoms with E-state index in [0.29, 0.717) is 29.8 Å². The highest BCUT2D eigenvalue weighted by atomic mass is 35.5. The second-order valence-electron chi connectivity index (χ2n) is 3.05. The maximum Gasteiger partial charge on any atom is 0.243 e. The number of primary amides is 1. The van der Waals surface area contributed by atoms with Crippen LogP contribution in [0, 0.1) is 0 Å². The van der Waals surface area contributed by atoms with Gasteiger partial charge in [-0.25, -0.2) is 4.98 Å². The Kier molecular flexibility index (Phi) is 4.81. The average molecular weight is 245 g/mol. The third kappa shape index (κ3) is 4.81. The van der Waals surface area contributed by atoms with Gasteiger partial charge in [0, 0.05) is 18.3 Å². The molecule has 1 aromatic heterocycles. The van der Waals surface area contributed by atoms with Crippen molar-refractivity contribution in [1.82, 2.24) is 4.98 Å². The minimum Gasteiger partial charge on any atom is -0.399 e. The smallest absolute Gasteiger partial charge is 0.243 e. The Labute approximate surface area is 97.9 Å². The molecule has 5 N–H and O–H groups in total. The number of anilines is 2. The van der Waals surface area contributed by atoms with Crippen molar-refractivity contribution in [3.05, 3.63) is 17.3 Å². The van der Waals surface area contributed by atoms with E-state index in [1.807, 2.05) is 0 Å². The van der Waals surface area contributed by atoms with Crippen LogP contribution < -0.4 is 16.8 Å². The molecule has 0 aromatic carbocycles. The largest absolute Gasteiger partial charge is 0.399 e. The van der Waals surface area contributed by atoms with Crippen LogP contribution in [-0.2, 0) is 9.53 Å². The molecule has 1 aromatic rings. The van der Waals surface area contributed by atoms with Crippen molar-refractivity contribution in [2.45, 2.75) is 0 Å². The van der Waals surface area contributed by atoms with Crippen LogP contribution in [0.3, 0.4) is 0 Å². The number of pyridine rings is 1. The fraction of sp³-hybridized carbons (Fsp3) is 0.333. The molecule has 0 spiro atoms. The van der Waals surface area contributed by atoms with Crippen LogP contribution in [0.5, 0.6) is 0 Å². The lowest BCUT2D eigenvalue weighted by Crippen LogP contribution is -2.20. The van der Waals surface area contributed by atoms with Crippen molar-refractivity contribution in [2.75, 3.05) is 30.8 Å². The van der Waals surface area contributed by atoms with E-state index in [9.17, 15) is 4.79 Å². The summed E-state index contributed by atoms with van der Waals surface area (Å²) in [6.07, 6.45) is 0. The van der Waals surface area contributed by atoms with Gasteiger partial charge in [0.25, 0.3) is 0 Å². The number of nitrogens with one attached hydrogen (secondary N) is 1. The quantitative estimate of drug-likeness (QED) is 0.491. The first-order valence-corrected chi connectivity index (χ1v) is 4.98. The lowest BCUT2D eigenvalue weighted by atomic mass is 10.4. The summed E-state index contributed by atoms with van der Waals surface area (Å²) >= 11 is 5.71. The van der Waals surface area contributed by atoms with Crippen molar-refractivity contribution < 1.29 is 9.53 Å². The molecule has 0 radical (unpaired) electrons. The molecule has 0 saturated heterocycles. The summed E-state index contributed by atoms with van der Waals surface area (Å²) in [5.41, 5.74) is 11.0. The number of carbonyl (C=O) groups is 1. The van der Waals surface area contributed by atoms with E-state index in [4.69, 9.17) is 27.8 Å². The number of hydrogen-bond acceptors (Lipinski definition) is 5. The Morgan fingerprint density at radius 2 is 2.31 bits per heavy atom. The Hall–Kier alpha value is -1.53. The highest BCUT2D eigenvalue weighted by Crippen LogP contribution is 2.15. The summed E-state index contributed by atoms with van der Waals surface area (Å²) in [6, 6.07) is 3.20. The molecule has 1 heterocycles. The van der Waals surface area contributed by atoms with Gasteiger partial charge in [0.15, 0.2) is 0 Å².